The fraction of sp³-hybridized carbons (Fsp3) is 0.765. The average molecular weight is 369 g/mol. The number of aryl methyl sites for hydroxylation is 2. The van der Waals surface area contributed by atoms with E-state index in [1.165, 1.54) is 25.7 Å². The van der Waals surface area contributed by atoms with Gasteiger partial charge in [0, 0.05) is 26.1 Å². The summed E-state index contributed by atoms with van der Waals surface area (Å²) in [5, 5.41) is 3.67. The quantitative estimate of drug-likeness (QED) is 0.857. The van der Waals surface area contributed by atoms with Crippen LogP contribution in [-0.2, 0) is 14.8 Å². The largest absolute Gasteiger partial charge is 0.360 e. The number of amides is 1. The molecular formula is C17H27N3O4S. The molecule has 1 aromatic rings. The van der Waals surface area contributed by atoms with E-state index in [2.05, 4.69) is 9.88 Å². The molecule has 1 N–H and O–H groups in total. The van der Waals surface area contributed by atoms with E-state index in [1.54, 1.807) is 13.8 Å². The second-order valence-corrected chi connectivity index (χ2v) is 8.94. The van der Waals surface area contributed by atoms with Gasteiger partial charge in [-0.05, 0) is 38.5 Å². The smallest absolute Gasteiger partial charge is 0.245 e. The zero-order chi connectivity index (χ0) is 18.0. The van der Waals surface area contributed by atoms with Crippen molar-refractivity contribution in [3.8, 4) is 0 Å². The van der Waals surface area contributed by atoms with Gasteiger partial charge in [-0.1, -0.05) is 24.4 Å². The van der Waals surface area contributed by atoms with Crippen molar-refractivity contribution < 1.29 is 17.7 Å². The van der Waals surface area contributed by atoms with Crippen LogP contribution in [0.2, 0.25) is 0 Å². The molecule has 0 radical (unpaired) electrons. The third kappa shape index (κ3) is 4.06. The van der Waals surface area contributed by atoms with E-state index >= 15 is 0 Å². The van der Waals surface area contributed by atoms with Crippen LogP contribution in [0.4, 0.5) is 0 Å². The van der Waals surface area contributed by atoms with Gasteiger partial charge in [0.05, 0.1) is 0 Å². The molecule has 0 unspecified atom stereocenters. The highest BCUT2D eigenvalue weighted by atomic mass is 32.2. The first-order valence-corrected chi connectivity index (χ1v) is 10.6. The summed E-state index contributed by atoms with van der Waals surface area (Å²) in [5.41, 5.74) is 0.329. The lowest BCUT2D eigenvalue weighted by Crippen LogP contribution is -2.45. The number of sulfonamides is 1. The minimum atomic E-state index is -3.70. The second kappa shape index (κ2) is 7.45. The molecule has 2 fully saturated rings. The molecule has 1 aromatic heterocycles. The Morgan fingerprint density at radius 1 is 1.24 bits per heavy atom. The van der Waals surface area contributed by atoms with Crippen LogP contribution in [0.15, 0.2) is 9.42 Å². The third-order valence-electron chi connectivity index (χ3n) is 5.51. The first-order valence-electron chi connectivity index (χ1n) is 9.09. The minimum absolute atomic E-state index is 0.0329. The van der Waals surface area contributed by atoms with Crippen molar-refractivity contribution in [3.63, 3.8) is 0 Å². The Bertz CT molecular complexity index is 709. The summed E-state index contributed by atoms with van der Waals surface area (Å²) in [6, 6.07) is 0. The summed E-state index contributed by atoms with van der Waals surface area (Å²) >= 11 is 0. The molecule has 8 heteroatoms. The number of carbonyl (C=O) groups excluding carboxylic acids is 1. The van der Waals surface area contributed by atoms with E-state index in [0.29, 0.717) is 11.6 Å². The maximum absolute atomic E-state index is 12.4. The minimum Gasteiger partial charge on any atom is -0.360 e. The number of likely N-dealkylation sites (tertiary alicyclic amines) is 1. The fourth-order valence-electron chi connectivity index (χ4n) is 4.21. The van der Waals surface area contributed by atoms with E-state index in [9.17, 15) is 13.2 Å². The molecule has 25 heavy (non-hydrogen) atoms. The summed E-state index contributed by atoms with van der Waals surface area (Å²) < 4.78 is 32.1. The van der Waals surface area contributed by atoms with Crippen LogP contribution in [0.25, 0.3) is 0 Å². The molecule has 0 spiro atoms. The Labute approximate surface area is 149 Å². The Kier molecular flexibility index (Phi) is 5.48. The summed E-state index contributed by atoms with van der Waals surface area (Å²) in [6.45, 7) is 4.88. The fourth-order valence-corrected chi connectivity index (χ4v) is 5.57. The van der Waals surface area contributed by atoms with E-state index < -0.39 is 10.0 Å². The van der Waals surface area contributed by atoms with Crippen molar-refractivity contribution in [1.29, 1.82) is 0 Å². The van der Waals surface area contributed by atoms with Crippen molar-refractivity contribution >= 4 is 15.9 Å². The van der Waals surface area contributed by atoms with Crippen LogP contribution >= 0.6 is 0 Å². The molecular weight excluding hydrogens is 342 g/mol. The lowest BCUT2D eigenvalue weighted by molar-refractivity contribution is -0.134. The molecule has 2 aliphatic rings. The van der Waals surface area contributed by atoms with Gasteiger partial charge in [-0.2, -0.15) is 0 Å². The number of nitrogens with one attached hydrogen (secondary N) is 1. The predicted molar refractivity (Wildman–Crippen MR) is 92.4 cm³/mol. The van der Waals surface area contributed by atoms with Gasteiger partial charge in [0.15, 0.2) is 5.76 Å². The summed E-state index contributed by atoms with van der Waals surface area (Å²) in [4.78, 5) is 14.4. The van der Waals surface area contributed by atoms with Gasteiger partial charge in [0.2, 0.25) is 15.9 Å². The van der Waals surface area contributed by atoms with Crippen LogP contribution in [0.1, 0.15) is 50.0 Å². The summed E-state index contributed by atoms with van der Waals surface area (Å²) in [5.74, 6) is 1.70. The van der Waals surface area contributed by atoms with Gasteiger partial charge in [0.1, 0.15) is 10.6 Å². The van der Waals surface area contributed by atoms with E-state index in [1.807, 2.05) is 4.90 Å². The van der Waals surface area contributed by atoms with Crippen LogP contribution < -0.4 is 4.72 Å². The molecule has 1 aliphatic carbocycles. The Morgan fingerprint density at radius 2 is 1.96 bits per heavy atom. The third-order valence-corrected chi connectivity index (χ3v) is 7.22. The highest BCUT2D eigenvalue weighted by Gasteiger charge is 2.33. The van der Waals surface area contributed by atoms with E-state index in [4.69, 9.17) is 4.52 Å². The van der Waals surface area contributed by atoms with Gasteiger partial charge in [-0.3, -0.25) is 4.79 Å². The number of fused-ring (bicyclic) bond motifs is 1. The molecule has 0 aromatic carbocycles. The number of hydrogen-bond donors (Lipinski definition) is 1. The molecule has 1 saturated carbocycles. The van der Waals surface area contributed by atoms with Gasteiger partial charge in [-0.25, -0.2) is 13.1 Å². The number of nitrogens with zero attached hydrogens (tertiary/aromatic N) is 2. The second-order valence-electron chi connectivity index (χ2n) is 7.23. The molecule has 140 valence electrons. The monoisotopic (exact) mass is 369 g/mol. The molecule has 1 aliphatic heterocycles. The van der Waals surface area contributed by atoms with E-state index in [0.717, 1.165) is 25.4 Å². The van der Waals surface area contributed by atoms with Crippen LogP contribution in [0.5, 0.6) is 0 Å². The van der Waals surface area contributed by atoms with Crippen molar-refractivity contribution in [2.75, 3.05) is 19.6 Å². The Balaban J connectivity index is 1.51. The van der Waals surface area contributed by atoms with Crippen molar-refractivity contribution in [2.45, 2.75) is 57.3 Å². The number of aromatic nitrogens is 1. The summed E-state index contributed by atoms with van der Waals surface area (Å²) in [7, 11) is -3.70. The van der Waals surface area contributed by atoms with Crippen molar-refractivity contribution in [3.05, 3.63) is 11.5 Å². The highest BCUT2D eigenvalue weighted by molar-refractivity contribution is 7.89. The maximum atomic E-state index is 12.4. The lowest BCUT2D eigenvalue weighted by Gasteiger charge is -2.41. The van der Waals surface area contributed by atoms with Gasteiger partial charge in [-0.15, -0.1) is 0 Å². The summed E-state index contributed by atoms with van der Waals surface area (Å²) in [6.07, 6.45) is 6.36. The van der Waals surface area contributed by atoms with E-state index in [-0.39, 0.29) is 29.5 Å². The van der Waals surface area contributed by atoms with Crippen LogP contribution in [0.3, 0.4) is 0 Å². The van der Waals surface area contributed by atoms with Crippen molar-refractivity contribution in [2.24, 2.45) is 11.8 Å². The van der Waals surface area contributed by atoms with Gasteiger partial charge < -0.3 is 9.42 Å². The molecule has 1 amide bonds. The maximum Gasteiger partial charge on any atom is 0.245 e. The van der Waals surface area contributed by atoms with Gasteiger partial charge >= 0.3 is 0 Å². The van der Waals surface area contributed by atoms with Gasteiger partial charge in [0.25, 0.3) is 0 Å². The number of carbonyl (C=O) groups is 1. The number of hydrogen-bond acceptors (Lipinski definition) is 5. The zero-order valence-corrected chi connectivity index (χ0v) is 15.8. The van der Waals surface area contributed by atoms with Crippen LogP contribution in [0, 0.1) is 25.7 Å². The predicted octanol–water partition coefficient (Wildman–Crippen LogP) is 2.00. The molecule has 2 atom stereocenters. The normalized spacial score (nSPS) is 24.2. The average Bonchev–Trinajstić information content (AvgIpc) is 2.93. The Morgan fingerprint density at radius 3 is 2.64 bits per heavy atom. The molecule has 1 saturated heterocycles. The first-order chi connectivity index (χ1) is 11.9. The number of piperidine rings is 1. The molecule has 0 bridgehead atoms. The number of rotatable bonds is 5. The Hall–Kier alpha value is -1.41. The topological polar surface area (TPSA) is 92.5 Å². The highest BCUT2D eigenvalue weighted by Crippen LogP contribution is 2.36. The van der Waals surface area contributed by atoms with Crippen LogP contribution in [-0.4, -0.2) is 44.0 Å². The first kappa shape index (κ1) is 18.4. The lowest BCUT2D eigenvalue weighted by atomic mass is 9.75. The van der Waals surface area contributed by atoms with Crippen molar-refractivity contribution in [1.82, 2.24) is 14.8 Å². The zero-order valence-electron chi connectivity index (χ0n) is 15.0. The molecule has 3 rings (SSSR count). The molecule has 7 nitrogen and oxygen atoms in total. The SMILES string of the molecule is Cc1noc(C)c1S(=O)(=O)NCCC(=O)N1CC[C@@H]2CCCC[C@@H]2C1. The molecule has 2 heterocycles. The standard InChI is InChI=1S/C17H27N3O4S/c1-12-17(13(2)24-19-12)25(22,23)18-9-7-16(21)20-10-8-14-5-3-4-6-15(14)11-20/h14-15,18H,3-11H2,1-2H3/t14-,15+/m0/s1.